The van der Waals surface area contributed by atoms with Crippen LogP contribution in [0.1, 0.15) is 5.56 Å². The molecule has 2 rings (SSSR count). The van der Waals surface area contributed by atoms with Gasteiger partial charge in [0.05, 0.1) is 4.92 Å². The van der Waals surface area contributed by atoms with Crippen LogP contribution in [0.3, 0.4) is 0 Å². The molecule has 2 amide bonds. The smallest absolute Gasteiger partial charge is 0.322 e. The lowest BCUT2D eigenvalue weighted by atomic mass is 10.2. The number of rotatable bonds is 9. The number of nitrogens with zero attached hydrogens (tertiary/aromatic N) is 1. The molecule has 0 aromatic heterocycles. The van der Waals surface area contributed by atoms with Crippen molar-refractivity contribution in [2.75, 3.05) is 11.9 Å². The topological polar surface area (TPSA) is 171 Å². The van der Waals surface area contributed by atoms with Gasteiger partial charge in [-0.1, -0.05) is 42.5 Å². The molecule has 0 aliphatic heterocycles. The number of carboxylic acid groups (broad SMARTS) is 1. The van der Waals surface area contributed by atoms with E-state index in [1.54, 1.807) is 30.3 Å². The second-order valence-electron chi connectivity index (χ2n) is 5.87. The van der Waals surface area contributed by atoms with Crippen molar-refractivity contribution in [3.05, 3.63) is 81.7 Å². The number of hydrogen-bond acceptors (Lipinski definition) is 7. The van der Waals surface area contributed by atoms with E-state index in [-0.39, 0.29) is 12.2 Å². The monoisotopic (exact) mass is 414 g/mol. The molecule has 0 atom stereocenters. The van der Waals surface area contributed by atoms with Gasteiger partial charge >= 0.3 is 5.97 Å². The summed E-state index contributed by atoms with van der Waals surface area (Å²) in [6.45, 7) is -0.742. The van der Waals surface area contributed by atoms with Gasteiger partial charge in [-0.05, 0) is 11.6 Å². The van der Waals surface area contributed by atoms with Gasteiger partial charge in [-0.2, -0.15) is 0 Å². The van der Waals surface area contributed by atoms with Crippen LogP contribution in [0.15, 0.2) is 66.1 Å². The van der Waals surface area contributed by atoms with Crippen molar-refractivity contribution in [2.45, 2.75) is 6.54 Å². The van der Waals surface area contributed by atoms with E-state index in [1.807, 2.05) is 5.32 Å². The molecule has 0 heterocycles. The van der Waals surface area contributed by atoms with Crippen LogP contribution in [0, 0.1) is 10.1 Å². The molecule has 30 heavy (non-hydrogen) atoms. The van der Waals surface area contributed by atoms with Gasteiger partial charge in [0, 0.05) is 12.6 Å². The number of aliphatic hydroxyl groups excluding tert-OH is 1. The first kappa shape index (κ1) is 21.9. The van der Waals surface area contributed by atoms with Gasteiger partial charge in [-0.3, -0.25) is 24.5 Å². The predicted molar refractivity (Wildman–Crippen MR) is 105 cm³/mol. The molecule has 0 aliphatic rings. The maximum Gasteiger partial charge on any atom is 0.322 e. The van der Waals surface area contributed by atoms with Crippen LogP contribution in [0.2, 0.25) is 0 Å². The summed E-state index contributed by atoms with van der Waals surface area (Å²) in [7, 11) is 0. The molecule has 0 fully saturated rings. The van der Waals surface area contributed by atoms with Crippen molar-refractivity contribution >= 4 is 29.2 Å². The minimum Gasteiger partial charge on any atom is -0.494 e. The van der Waals surface area contributed by atoms with E-state index in [4.69, 9.17) is 5.11 Å². The van der Waals surface area contributed by atoms with Crippen LogP contribution in [0.25, 0.3) is 0 Å². The summed E-state index contributed by atoms with van der Waals surface area (Å²) in [6, 6.07) is 14.0. The highest BCUT2D eigenvalue weighted by Gasteiger charge is 2.26. The molecule has 0 radical (unpaired) electrons. The summed E-state index contributed by atoms with van der Waals surface area (Å²) in [5.41, 5.74) is -0.724. The van der Waals surface area contributed by atoms with Gasteiger partial charge < -0.3 is 26.2 Å². The highest BCUT2D eigenvalue weighted by atomic mass is 16.6. The van der Waals surface area contributed by atoms with Crippen molar-refractivity contribution in [1.82, 2.24) is 10.6 Å². The van der Waals surface area contributed by atoms with Gasteiger partial charge in [0.2, 0.25) is 5.88 Å². The average Bonchev–Trinajstić information content (AvgIpc) is 2.72. The van der Waals surface area contributed by atoms with Crippen molar-refractivity contribution in [3.8, 4) is 0 Å². The number of benzene rings is 2. The fourth-order valence-corrected chi connectivity index (χ4v) is 2.36. The van der Waals surface area contributed by atoms with Crippen LogP contribution in [0.4, 0.5) is 11.4 Å². The fourth-order valence-electron chi connectivity index (χ4n) is 2.36. The number of aliphatic carboxylic acids is 1. The zero-order valence-corrected chi connectivity index (χ0v) is 15.5. The summed E-state index contributed by atoms with van der Waals surface area (Å²) >= 11 is 0. The van der Waals surface area contributed by atoms with E-state index in [2.05, 4.69) is 10.6 Å². The van der Waals surface area contributed by atoms with Crippen molar-refractivity contribution < 1.29 is 29.5 Å². The first-order valence-corrected chi connectivity index (χ1v) is 8.55. The molecule has 0 bridgehead atoms. The fraction of sp³-hybridized carbons (Fsp3) is 0.105. The maximum absolute atomic E-state index is 12.6. The number of nitro groups is 1. The number of hydrogen-bond donors (Lipinski definition) is 5. The van der Waals surface area contributed by atoms with Crippen molar-refractivity contribution in [1.29, 1.82) is 0 Å². The van der Waals surface area contributed by atoms with E-state index in [0.717, 1.165) is 11.6 Å². The van der Waals surface area contributed by atoms with Gasteiger partial charge in [-0.15, -0.1) is 0 Å². The maximum atomic E-state index is 12.6. The molecule has 11 nitrogen and oxygen atoms in total. The number of carbonyl (C=O) groups excluding carboxylic acids is 2. The number of carbonyl (C=O) groups is 3. The lowest BCUT2D eigenvalue weighted by Crippen LogP contribution is -2.37. The molecule has 0 unspecified atom stereocenters. The molecular formula is C19H18N4O7. The summed E-state index contributed by atoms with van der Waals surface area (Å²) in [6.07, 6.45) is 0. The lowest BCUT2D eigenvalue weighted by Gasteiger charge is -2.13. The van der Waals surface area contributed by atoms with Crippen LogP contribution >= 0.6 is 0 Å². The van der Waals surface area contributed by atoms with E-state index in [9.17, 15) is 29.6 Å². The second-order valence-corrected chi connectivity index (χ2v) is 5.87. The van der Waals surface area contributed by atoms with Gasteiger partial charge in [0.15, 0.2) is 5.57 Å². The summed E-state index contributed by atoms with van der Waals surface area (Å²) in [5, 5.41) is 36.8. The van der Waals surface area contributed by atoms with Crippen LogP contribution in [-0.4, -0.2) is 39.5 Å². The summed E-state index contributed by atoms with van der Waals surface area (Å²) < 4.78 is 0. The molecule has 156 valence electrons. The number of nitrogens with one attached hydrogen (secondary N) is 3. The Labute approximate surface area is 170 Å². The number of anilines is 1. The Balaban J connectivity index is 2.30. The van der Waals surface area contributed by atoms with E-state index in [0.29, 0.717) is 0 Å². The zero-order valence-electron chi connectivity index (χ0n) is 15.5. The minimum atomic E-state index is -1.36. The SMILES string of the molecule is O=C(O)CNC(=O)C(C(=O)Nc1ccccc1[N+](=O)[O-])=C(O)NCc1ccccc1. The quantitative estimate of drug-likeness (QED) is 0.102. The largest absolute Gasteiger partial charge is 0.494 e. The first-order valence-electron chi connectivity index (χ1n) is 8.55. The van der Waals surface area contributed by atoms with Crippen LogP contribution in [-0.2, 0) is 20.9 Å². The second kappa shape index (κ2) is 10.2. The van der Waals surface area contributed by atoms with Gasteiger partial charge in [-0.25, -0.2) is 0 Å². The number of nitro benzene ring substituents is 1. The Morgan fingerprint density at radius 1 is 0.900 bits per heavy atom. The molecule has 0 saturated heterocycles. The molecule has 2 aromatic carbocycles. The third-order valence-electron chi connectivity index (χ3n) is 3.74. The Morgan fingerprint density at radius 3 is 2.17 bits per heavy atom. The van der Waals surface area contributed by atoms with E-state index in [1.165, 1.54) is 18.2 Å². The highest BCUT2D eigenvalue weighted by Crippen LogP contribution is 2.23. The Morgan fingerprint density at radius 2 is 1.53 bits per heavy atom. The highest BCUT2D eigenvalue weighted by molar-refractivity contribution is 6.23. The molecule has 11 heteroatoms. The Bertz CT molecular complexity index is 989. The van der Waals surface area contributed by atoms with Crippen LogP contribution in [0.5, 0.6) is 0 Å². The number of para-hydroxylation sites is 2. The Hall–Kier alpha value is -4.41. The van der Waals surface area contributed by atoms with Crippen molar-refractivity contribution in [3.63, 3.8) is 0 Å². The molecule has 0 spiro atoms. The predicted octanol–water partition coefficient (Wildman–Crippen LogP) is 1.29. The third-order valence-corrected chi connectivity index (χ3v) is 3.74. The number of aliphatic hydroxyl groups is 1. The zero-order chi connectivity index (χ0) is 22.1. The molecule has 2 aromatic rings. The van der Waals surface area contributed by atoms with Gasteiger partial charge in [0.25, 0.3) is 17.5 Å². The minimum absolute atomic E-state index is 0.0567. The molecular weight excluding hydrogens is 396 g/mol. The molecule has 5 N–H and O–H groups in total. The standard InChI is InChI=1S/C19H18N4O7/c24-15(25)11-21-18(27)16(17(26)20-10-12-6-2-1-3-7-12)19(28)22-13-8-4-5-9-14(13)23(29)30/h1-9,20,26H,10-11H2,(H,21,27)(H,22,28)(H,24,25). The molecule has 0 saturated carbocycles. The molecule has 0 aliphatic carbocycles. The number of amides is 2. The third kappa shape index (κ3) is 6.05. The summed E-state index contributed by atoms with van der Waals surface area (Å²) in [5.74, 6) is -4.52. The number of carboxylic acids is 1. The normalized spacial score (nSPS) is 11.1. The van der Waals surface area contributed by atoms with E-state index >= 15 is 0 Å². The van der Waals surface area contributed by atoms with E-state index < -0.39 is 46.4 Å². The first-order chi connectivity index (χ1) is 14.3. The van der Waals surface area contributed by atoms with Gasteiger partial charge in [0.1, 0.15) is 12.2 Å². The van der Waals surface area contributed by atoms with Crippen LogP contribution < -0.4 is 16.0 Å². The average molecular weight is 414 g/mol. The van der Waals surface area contributed by atoms with Crippen molar-refractivity contribution in [2.24, 2.45) is 0 Å². The summed E-state index contributed by atoms with van der Waals surface area (Å²) in [4.78, 5) is 46.0. The lowest BCUT2D eigenvalue weighted by molar-refractivity contribution is -0.383. The Kier molecular flexibility index (Phi) is 7.46.